The summed E-state index contributed by atoms with van der Waals surface area (Å²) in [6.45, 7) is 1.99. The number of rotatable bonds is 5. The molecule has 1 aromatic rings. The van der Waals surface area contributed by atoms with Crippen LogP contribution in [0.25, 0.3) is 0 Å². The molecule has 0 aliphatic carbocycles. The van der Waals surface area contributed by atoms with E-state index in [1.807, 2.05) is 6.92 Å². The molecule has 1 unspecified atom stereocenters. The molecule has 0 N–H and O–H groups in total. The van der Waals surface area contributed by atoms with E-state index in [0.29, 0.717) is 12.0 Å². The van der Waals surface area contributed by atoms with Crippen LogP contribution < -0.4 is 0 Å². The highest BCUT2D eigenvalue weighted by molar-refractivity contribution is 6.20. The first-order valence-electron chi connectivity index (χ1n) is 5.11. The van der Waals surface area contributed by atoms with Gasteiger partial charge in [0.25, 0.3) is 5.69 Å². The number of halogens is 2. The number of nitrogens with zero attached hydrogens (tertiary/aromatic N) is 1. The van der Waals surface area contributed by atoms with Crippen LogP contribution in [0.4, 0.5) is 10.1 Å². The second-order valence-corrected chi connectivity index (χ2v) is 4.24. The van der Waals surface area contributed by atoms with Crippen molar-refractivity contribution >= 4 is 17.3 Å². The third-order valence-electron chi connectivity index (χ3n) is 2.29. The average molecular weight is 246 g/mol. The first kappa shape index (κ1) is 12.9. The molecule has 88 valence electrons. The zero-order valence-electron chi connectivity index (χ0n) is 8.95. The Bertz CT molecular complexity index is 384. The van der Waals surface area contributed by atoms with Crippen molar-refractivity contribution in [1.29, 1.82) is 0 Å². The lowest BCUT2D eigenvalue weighted by Crippen LogP contribution is -2.05. The van der Waals surface area contributed by atoms with E-state index in [1.165, 1.54) is 12.1 Å². The first-order chi connectivity index (χ1) is 7.54. The van der Waals surface area contributed by atoms with Gasteiger partial charge >= 0.3 is 0 Å². The predicted octanol–water partition coefficient (Wildman–Crippen LogP) is 3.68. The van der Waals surface area contributed by atoms with E-state index in [4.69, 9.17) is 11.6 Å². The molecular formula is C11H13ClFNO2. The molecule has 0 aromatic heterocycles. The molecule has 0 bridgehead atoms. The zero-order chi connectivity index (χ0) is 12.1. The summed E-state index contributed by atoms with van der Waals surface area (Å²) in [5, 5.41) is 10.6. The standard InChI is InChI=1S/C11H13ClFNO2/c1-2-3-9(12)6-8-4-5-10(13)7-11(8)14(15)16/h4-5,7,9H,2-3,6H2,1H3. The molecule has 1 rings (SSSR count). The molecule has 16 heavy (non-hydrogen) atoms. The number of benzene rings is 1. The van der Waals surface area contributed by atoms with Gasteiger partial charge < -0.3 is 0 Å². The maximum absolute atomic E-state index is 12.9. The van der Waals surface area contributed by atoms with Gasteiger partial charge in [0.15, 0.2) is 0 Å². The summed E-state index contributed by atoms with van der Waals surface area (Å²) < 4.78 is 12.9. The van der Waals surface area contributed by atoms with Crippen molar-refractivity contribution in [2.45, 2.75) is 31.6 Å². The summed E-state index contributed by atoms with van der Waals surface area (Å²) >= 11 is 6.02. The SMILES string of the molecule is CCCC(Cl)Cc1ccc(F)cc1[N+](=O)[O-]. The quantitative estimate of drug-likeness (QED) is 0.451. The van der Waals surface area contributed by atoms with E-state index < -0.39 is 10.7 Å². The van der Waals surface area contributed by atoms with Crippen molar-refractivity contribution < 1.29 is 9.31 Å². The van der Waals surface area contributed by atoms with Gasteiger partial charge in [0.05, 0.1) is 11.0 Å². The fraction of sp³-hybridized carbons (Fsp3) is 0.455. The Balaban J connectivity index is 2.90. The van der Waals surface area contributed by atoms with E-state index in [-0.39, 0.29) is 11.1 Å². The van der Waals surface area contributed by atoms with Gasteiger partial charge in [-0.1, -0.05) is 13.3 Å². The fourth-order valence-corrected chi connectivity index (χ4v) is 1.92. The summed E-state index contributed by atoms with van der Waals surface area (Å²) in [6, 6.07) is 3.58. The van der Waals surface area contributed by atoms with Gasteiger partial charge in [-0.05, 0) is 25.0 Å². The maximum atomic E-state index is 12.9. The lowest BCUT2D eigenvalue weighted by Gasteiger charge is -2.08. The van der Waals surface area contributed by atoms with E-state index >= 15 is 0 Å². The van der Waals surface area contributed by atoms with E-state index in [9.17, 15) is 14.5 Å². The minimum atomic E-state index is -0.600. The van der Waals surface area contributed by atoms with Crippen molar-refractivity contribution in [3.8, 4) is 0 Å². The molecule has 0 amide bonds. The van der Waals surface area contributed by atoms with Gasteiger partial charge in [-0.3, -0.25) is 10.1 Å². The number of nitro groups is 1. The van der Waals surface area contributed by atoms with Crippen LogP contribution in [0.1, 0.15) is 25.3 Å². The van der Waals surface area contributed by atoms with Gasteiger partial charge in [-0.15, -0.1) is 11.6 Å². The summed E-state index contributed by atoms with van der Waals surface area (Å²) in [5.41, 5.74) is 0.293. The van der Waals surface area contributed by atoms with Gasteiger partial charge in [-0.25, -0.2) is 4.39 Å². The Morgan fingerprint density at radius 3 is 2.81 bits per heavy atom. The summed E-state index contributed by atoms with van der Waals surface area (Å²) in [6.07, 6.45) is 2.10. The molecular weight excluding hydrogens is 233 g/mol. The lowest BCUT2D eigenvalue weighted by atomic mass is 10.0. The second kappa shape index (κ2) is 5.80. The third kappa shape index (κ3) is 3.45. The molecule has 0 aliphatic rings. The molecule has 3 nitrogen and oxygen atoms in total. The molecule has 0 spiro atoms. The van der Waals surface area contributed by atoms with Gasteiger partial charge in [0.1, 0.15) is 5.82 Å². The highest BCUT2D eigenvalue weighted by atomic mass is 35.5. The normalized spacial score (nSPS) is 12.4. The fourth-order valence-electron chi connectivity index (χ4n) is 1.53. The Morgan fingerprint density at radius 2 is 2.25 bits per heavy atom. The predicted molar refractivity (Wildman–Crippen MR) is 61.3 cm³/mol. The minimum Gasteiger partial charge on any atom is -0.258 e. The highest BCUT2D eigenvalue weighted by Gasteiger charge is 2.17. The highest BCUT2D eigenvalue weighted by Crippen LogP contribution is 2.23. The molecule has 0 saturated carbocycles. The van der Waals surface area contributed by atoms with Crippen LogP contribution in [0, 0.1) is 15.9 Å². The number of hydrogen-bond acceptors (Lipinski definition) is 2. The molecule has 5 heteroatoms. The minimum absolute atomic E-state index is 0.144. The maximum Gasteiger partial charge on any atom is 0.275 e. The number of alkyl halides is 1. The second-order valence-electron chi connectivity index (χ2n) is 3.62. The molecule has 0 radical (unpaired) electrons. The van der Waals surface area contributed by atoms with Crippen molar-refractivity contribution in [3.63, 3.8) is 0 Å². The van der Waals surface area contributed by atoms with Crippen LogP contribution in [-0.4, -0.2) is 10.3 Å². The molecule has 0 aliphatic heterocycles. The van der Waals surface area contributed by atoms with E-state index in [0.717, 1.165) is 18.9 Å². The van der Waals surface area contributed by atoms with Gasteiger partial charge in [0.2, 0.25) is 0 Å². The Labute approximate surface area is 98.4 Å². The van der Waals surface area contributed by atoms with Crippen LogP contribution in [0.15, 0.2) is 18.2 Å². The topological polar surface area (TPSA) is 43.1 Å². The molecule has 0 heterocycles. The summed E-state index contributed by atoms with van der Waals surface area (Å²) in [4.78, 5) is 10.1. The summed E-state index contributed by atoms with van der Waals surface area (Å²) in [5.74, 6) is -0.600. The molecule has 0 fully saturated rings. The van der Waals surface area contributed by atoms with Crippen LogP contribution >= 0.6 is 11.6 Å². The van der Waals surface area contributed by atoms with Crippen molar-refractivity contribution in [3.05, 3.63) is 39.7 Å². The monoisotopic (exact) mass is 245 g/mol. The van der Waals surface area contributed by atoms with Crippen LogP contribution in [0.5, 0.6) is 0 Å². The number of nitro benzene ring substituents is 1. The lowest BCUT2D eigenvalue weighted by molar-refractivity contribution is -0.385. The van der Waals surface area contributed by atoms with Crippen molar-refractivity contribution in [2.75, 3.05) is 0 Å². The van der Waals surface area contributed by atoms with Crippen LogP contribution in [-0.2, 0) is 6.42 Å². The summed E-state index contributed by atoms with van der Waals surface area (Å²) in [7, 11) is 0. The van der Waals surface area contributed by atoms with Gasteiger partial charge in [-0.2, -0.15) is 0 Å². The van der Waals surface area contributed by atoms with Gasteiger partial charge in [0, 0.05) is 10.9 Å². The molecule has 1 atom stereocenters. The third-order valence-corrected chi connectivity index (χ3v) is 2.66. The zero-order valence-corrected chi connectivity index (χ0v) is 9.71. The Kier molecular flexibility index (Phi) is 4.68. The van der Waals surface area contributed by atoms with E-state index in [1.54, 1.807) is 0 Å². The first-order valence-corrected chi connectivity index (χ1v) is 5.55. The molecule has 1 aromatic carbocycles. The Morgan fingerprint density at radius 1 is 1.56 bits per heavy atom. The van der Waals surface area contributed by atoms with Crippen LogP contribution in [0.3, 0.4) is 0 Å². The largest absolute Gasteiger partial charge is 0.275 e. The smallest absolute Gasteiger partial charge is 0.258 e. The Hall–Kier alpha value is -1.16. The van der Waals surface area contributed by atoms with Crippen molar-refractivity contribution in [1.82, 2.24) is 0 Å². The average Bonchev–Trinajstić information content (AvgIpc) is 2.20. The number of hydrogen-bond donors (Lipinski definition) is 0. The van der Waals surface area contributed by atoms with Crippen molar-refractivity contribution in [2.24, 2.45) is 0 Å². The van der Waals surface area contributed by atoms with E-state index in [2.05, 4.69) is 0 Å². The molecule has 0 saturated heterocycles. The van der Waals surface area contributed by atoms with Crippen LogP contribution in [0.2, 0.25) is 0 Å².